The Kier molecular flexibility index (Phi) is 5.83. The lowest BCUT2D eigenvalue weighted by Crippen LogP contribution is -2.44. The molecule has 0 bridgehead atoms. The number of esters is 1. The van der Waals surface area contributed by atoms with Crippen molar-refractivity contribution in [1.82, 2.24) is 10.2 Å². The van der Waals surface area contributed by atoms with Crippen LogP contribution in [0, 0.1) is 0 Å². The Morgan fingerprint density at radius 1 is 1.29 bits per heavy atom. The number of carbonyl (C=O) groups is 3. The summed E-state index contributed by atoms with van der Waals surface area (Å²) in [5, 5.41) is 3.26. The molecule has 1 aromatic rings. The number of unbranched alkanes of at least 4 members (excludes halogenated alkanes) is 1. The summed E-state index contributed by atoms with van der Waals surface area (Å²) < 4.78 is 5.12. The van der Waals surface area contributed by atoms with Gasteiger partial charge in [0.2, 0.25) is 0 Å². The monoisotopic (exact) mass is 352 g/mol. The van der Waals surface area contributed by atoms with Gasteiger partial charge in [-0.1, -0.05) is 43.5 Å². The van der Waals surface area contributed by atoms with Gasteiger partial charge in [0.15, 0.2) is 0 Å². The third kappa shape index (κ3) is 4.26. The van der Waals surface area contributed by atoms with Gasteiger partial charge in [-0.2, -0.15) is 0 Å². The maximum absolute atomic E-state index is 12.4. The molecule has 1 fully saturated rings. The lowest BCUT2D eigenvalue weighted by atomic mass is 9.95. The number of hydrogen-bond acceptors (Lipinski definition) is 4. The molecule has 1 heterocycles. The number of halogens is 1. The van der Waals surface area contributed by atoms with E-state index in [0.29, 0.717) is 11.4 Å². The summed E-state index contributed by atoms with van der Waals surface area (Å²) in [5.41, 5.74) is -0.165. The van der Waals surface area contributed by atoms with Gasteiger partial charge in [0.05, 0.1) is 0 Å². The van der Waals surface area contributed by atoms with Gasteiger partial charge >= 0.3 is 12.0 Å². The molecule has 1 aliphatic rings. The average Bonchev–Trinajstić information content (AvgIpc) is 2.76. The Morgan fingerprint density at radius 3 is 2.58 bits per heavy atom. The number of carbonyl (C=O) groups excluding carboxylic acids is 3. The zero-order chi connectivity index (χ0) is 17.7. The van der Waals surface area contributed by atoms with Crippen molar-refractivity contribution in [3.05, 3.63) is 34.9 Å². The minimum Gasteiger partial charge on any atom is -0.459 e. The van der Waals surface area contributed by atoms with Crippen molar-refractivity contribution < 1.29 is 19.1 Å². The normalized spacial score (nSPS) is 20.2. The standard InChI is InChI=1S/C17H21ClN2O4/c1-3-4-9-17(2)15(22)20(16(23)19-17)10-14(21)24-11-12-5-7-13(18)8-6-12/h5-8H,3-4,9-11H2,1-2H3,(H,19,23)/t17-/m0/s1. The van der Waals surface area contributed by atoms with E-state index in [9.17, 15) is 14.4 Å². The first-order chi connectivity index (χ1) is 11.4. The van der Waals surface area contributed by atoms with E-state index in [0.717, 1.165) is 23.3 Å². The van der Waals surface area contributed by atoms with Crippen LogP contribution < -0.4 is 5.32 Å². The summed E-state index contributed by atoms with van der Waals surface area (Å²) in [6.45, 7) is 3.37. The lowest BCUT2D eigenvalue weighted by Gasteiger charge is -2.21. The van der Waals surface area contributed by atoms with E-state index >= 15 is 0 Å². The number of benzene rings is 1. The molecule has 130 valence electrons. The van der Waals surface area contributed by atoms with Gasteiger partial charge in [-0.25, -0.2) is 4.79 Å². The third-order valence-electron chi connectivity index (χ3n) is 3.98. The van der Waals surface area contributed by atoms with Crippen LogP contribution in [-0.4, -0.2) is 34.9 Å². The fourth-order valence-electron chi connectivity index (χ4n) is 2.51. The zero-order valence-electron chi connectivity index (χ0n) is 13.8. The number of hydrogen-bond donors (Lipinski definition) is 1. The van der Waals surface area contributed by atoms with Crippen molar-refractivity contribution in [1.29, 1.82) is 0 Å². The van der Waals surface area contributed by atoms with Crippen LogP contribution in [0.1, 0.15) is 38.7 Å². The second-order valence-corrected chi connectivity index (χ2v) is 6.48. The lowest BCUT2D eigenvalue weighted by molar-refractivity contribution is -0.148. The molecule has 0 spiro atoms. The molecular weight excluding hydrogens is 332 g/mol. The van der Waals surface area contributed by atoms with Crippen molar-refractivity contribution in [3.8, 4) is 0 Å². The molecule has 0 saturated carbocycles. The van der Waals surface area contributed by atoms with Crippen LogP contribution in [0.15, 0.2) is 24.3 Å². The molecule has 1 saturated heterocycles. The number of rotatable bonds is 7. The minimum atomic E-state index is -0.941. The molecule has 1 aromatic carbocycles. The van der Waals surface area contributed by atoms with Crippen LogP contribution in [0.5, 0.6) is 0 Å². The predicted molar refractivity (Wildman–Crippen MR) is 89.4 cm³/mol. The highest BCUT2D eigenvalue weighted by Crippen LogP contribution is 2.23. The highest BCUT2D eigenvalue weighted by Gasteiger charge is 2.47. The minimum absolute atomic E-state index is 0.0623. The molecule has 6 nitrogen and oxygen atoms in total. The Morgan fingerprint density at radius 2 is 1.96 bits per heavy atom. The first-order valence-corrected chi connectivity index (χ1v) is 8.27. The SMILES string of the molecule is CCCC[C@]1(C)NC(=O)N(CC(=O)OCc2ccc(Cl)cc2)C1=O. The topological polar surface area (TPSA) is 75.7 Å². The number of urea groups is 1. The van der Waals surface area contributed by atoms with E-state index in [4.69, 9.17) is 16.3 Å². The van der Waals surface area contributed by atoms with Gasteiger partial charge in [0, 0.05) is 5.02 Å². The van der Waals surface area contributed by atoms with E-state index in [1.807, 2.05) is 6.92 Å². The van der Waals surface area contributed by atoms with E-state index in [-0.39, 0.29) is 19.1 Å². The van der Waals surface area contributed by atoms with E-state index in [1.54, 1.807) is 31.2 Å². The smallest absolute Gasteiger partial charge is 0.326 e. The van der Waals surface area contributed by atoms with Crippen molar-refractivity contribution in [2.24, 2.45) is 0 Å². The summed E-state index contributed by atoms with van der Waals surface area (Å²) in [6.07, 6.45) is 2.28. The highest BCUT2D eigenvalue weighted by atomic mass is 35.5. The molecule has 7 heteroatoms. The summed E-state index contributed by atoms with van der Waals surface area (Å²) in [7, 11) is 0. The fourth-order valence-corrected chi connectivity index (χ4v) is 2.64. The maximum atomic E-state index is 12.4. The zero-order valence-corrected chi connectivity index (χ0v) is 14.6. The Labute approximate surface area is 146 Å². The summed E-state index contributed by atoms with van der Waals surface area (Å²) in [5.74, 6) is -1.02. The molecule has 24 heavy (non-hydrogen) atoms. The molecule has 1 N–H and O–H groups in total. The number of amides is 3. The van der Waals surface area contributed by atoms with Crippen molar-refractivity contribution in [2.45, 2.75) is 45.3 Å². The second kappa shape index (κ2) is 7.66. The third-order valence-corrected chi connectivity index (χ3v) is 4.23. The highest BCUT2D eigenvalue weighted by molar-refractivity contribution is 6.30. The van der Waals surface area contributed by atoms with Gasteiger partial charge in [-0.05, 0) is 31.0 Å². The number of ether oxygens (including phenoxy) is 1. The Hall–Kier alpha value is -2.08. The first-order valence-electron chi connectivity index (χ1n) is 7.90. The number of nitrogens with one attached hydrogen (secondary N) is 1. The summed E-state index contributed by atoms with van der Waals surface area (Å²) in [6, 6.07) is 6.32. The van der Waals surface area contributed by atoms with E-state index in [1.165, 1.54) is 0 Å². The molecule has 3 amide bonds. The molecule has 2 rings (SSSR count). The van der Waals surface area contributed by atoms with Gasteiger partial charge in [0.1, 0.15) is 18.7 Å². The first kappa shape index (κ1) is 18.3. The second-order valence-electron chi connectivity index (χ2n) is 6.04. The molecule has 1 atom stereocenters. The Balaban J connectivity index is 1.90. The van der Waals surface area contributed by atoms with Crippen LogP contribution in [-0.2, 0) is 20.9 Å². The van der Waals surface area contributed by atoms with E-state index in [2.05, 4.69) is 5.32 Å². The van der Waals surface area contributed by atoms with Gasteiger partial charge in [-0.15, -0.1) is 0 Å². The summed E-state index contributed by atoms with van der Waals surface area (Å²) in [4.78, 5) is 37.2. The van der Waals surface area contributed by atoms with Crippen LogP contribution in [0.3, 0.4) is 0 Å². The van der Waals surface area contributed by atoms with Gasteiger partial charge in [0.25, 0.3) is 5.91 Å². The van der Waals surface area contributed by atoms with E-state index < -0.39 is 17.5 Å². The maximum Gasteiger partial charge on any atom is 0.326 e. The molecule has 0 aliphatic carbocycles. The summed E-state index contributed by atoms with van der Waals surface area (Å²) >= 11 is 5.79. The molecule has 0 unspecified atom stereocenters. The van der Waals surface area contributed by atoms with Crippen LogP contribution in [0.4, 0.5) is 4.79 Å². The largest absolute Gasteiger partial charge is 0.459 e. The Bertz CT molecular complexity index is 632. The van der Waals surface area contributed by atoms with Crippen LogP contribution in [0.25, 0.3) is 0 Å². The van der Waals surface area contributed by atoms with Crippen molar-refractivity contribution >= 4 is 29.5 Å². The molecule has 0 aromatic heterocycles. The molecule has 1 aliphatic heterocycles. The fraction of sp³-hybridized carbons (Fsp3) is 0.471. The molecular formula is C17H21ClN2O4. The van der Waals surface area contributed by atoms with Crippen LogP contribution >= 0.6 is 11.6 Å². The van der Waals surface area contributed by atoms with Gasteiger partial charge in [-0.3, -0.25) is 14.5 Å². The van der Waals surface area contributed by atoms with Crippen molar-refractivity contribution in [3.63, 3.8) is 0 Å². The number of nitrogens with zero attached hydrogens (tertiary/aromatic N) is 1. The number of imide groups is 1. The molecule has 0 radical (unpaired) electrons. The average molecular weight is 353 g/mol. The predicted octanol–water partition coefficient (Wildman–Crippen LogP) is 2.88. The van der Waals surface area contributed by atoms with Crippen LogP contribution in [0.2, 0.25) is 5.02 Å². The quantitative estimate of drug-likeness (QED) is 0.604. The van der Waals surface area contributed by atoms with Gasteiger partial charge < -0.3 is 10.1 Å². The van der Waals surface area contributed by atoms with Crippen molar-refractivity contribution in [2.75, 3.05) is 6.54 Å².